The van der Waals surface area contributed by atoms with Crippen molar-refractivity contribution in [1.82, 2.24) is 5.43 Å². The number of hydrogen-bond acceptors (Lipinski definition) is 4. The molecular formula is C17H21N3O. The van der Waals surface area contributed by atoms with E-state index < -0.39 is 0 Å². The molecule has 110 valence electrons. The van der Waals surface area contributed by atoms with E-state index in [0.29, 0.717) is 0 Å². The van der Waals surface area contributed by atoms with Crippen molar-refractivity contribution in [3.63, 3.8) is 0 Å². The van der Waals surface area contributed by atoms with Crippen molar-refractivity contribution < 1.29 is 4.74 Å². The summed E-state index contributed by atoms with van der Waals surface area (Å²) >= 11 is 0. The standard InChI is InChI=1S/C17H21N3O/c1-20(2)14-7-3-6-13(11-14)16(19-18)15-8-4-5-12-9-10-21-17(12)15/h3-8,11,16,19H,9-10,18H2,1-2H3. The minimum Gasteiger partial charge on any atom is -0.493 e. The van der Waals surface area contributed by atoms with Gasteiger partial charge in [0.25, 0.3) is 0 Å². The van der Waals surface area contributed by atoms with E-state index >= 15 is 0 Å². The van der Waals surface area contributed by atoms with Crippen LogP contribution in [0.15, 0.2) is 42.5 Å². The van der Waals surface area contributed by atoms with Crippen molar-refractivity contribution in [2.45, 2.75) is 12.5 Å². The van der Waals surface area contributed by atoms with E-state index in [1.165, 1.54) is 5.56 Å². The van der Waals surface area contributed by atoms with Crippen molar-refractivity contribution >= 4 is 5.69 Å². The van der Waals surface area contributed by atoms with E-state index in [0.717, 1.165) is 35.6 Å². The average molecular weight is 283 g/mol. The van der Waals surface area contributed by atoms with Crippen LogP contribution in [0.1, 0.15) is 22.7 Å². The molecule has 0 saturated heterocycles. The second-order valence-corrected chi connectivity index (χ2v) is 5.52. The van der Waals surface area contributed by atoms with E-state index in [2.05, 4.69) is 52.8 Å². The third-order valence-corrected chi connectivity index (χ3v) is 3.94. The molecule has 0 fully saturated rings. The minimum absolute atomic E-state index is 0.0713. The predicted octanol–water partition coefficient (Wildman–Crippen LogP) is 2.24. The molecule has 2 aromatic carbocycles. The van der Waals surface area contributed by atoms with Crippen LogP contribution in [0.5, 0.6) is 5.75 Å². The van der Waals surface area contributed by atoms with Gasteiger partial charge in [-0.25, -0.2) is 5.43 Å². The van der Waals surface area contributed by atoms with Crippen LogP contribution in [0.2, 0.25) is 0 Å². The van der Waals surface area contributed by atoms with E-state index in [9.17, 15) is 0 Å². The number of nitrogens with zero attached hydrogens (tertiary/aromatic N) is 1. The summed E-state index contributed by atoms with van der Waals surface area (Å²) in [5, 5.41) is 0. The number of anilines is 1. The van der Waals surface area contributed by atoms with E-state index in [1.807, 2.05) is 14.1 Å². The fraction of sp³-hybridized carbons (Fsp3) is 0.294. The molecule has 1 unspecified atom stereocenters. The molecule has 21 heavy (non-hydrogen) atoms. The quantitative estimate of drug-likeness (QED) is 0.667. The summed E-state index contributed by atoms with van der Waals surface area (Å²) in [7, 11) is 4.07. The molecule has 0 spiro atoms. The van der Waals surface area contributed by atoms with Gasteiger partial charge in [-0.15, -0.1) is 0 Å². The molecule has 4 nitrogen and oxygen atoms in total. The molecule has 0 radical (unpaired) electrons. The SMILES string of the molecule is CN(C)c1cccc(C(NN)c2cccc3c2OCC3)c1. The number of nitrogens with one attached hydrogen (secondary N) is 1. The molecule has 1 heterocycles. The molecule has 0 saturated carbocycles. The van der Waals surface area contributed by atoms with Crippen LogP contribution in [0.4, 0.5) is 5.69 Å². The van der Waals surface area contributed by atoms with Crippen LogP contribution in [0.25, 0.3) is 0 Å². The number of benzene rings is 2. The highest BCUT2D eigenvalue weighted by molar-refractivity contribution is 5.53. The Morgan fingerprint density at radius 1 is 1.19 bits per heavy atom. The summed E-state index contributed by atoms with van der Waals surface area (Å²) in [6, 6.07) is 14.6. The minimum atomic E-state index is -0.0713. The average Bonchev–Trinajstić information content (AvgIpc) is 2.97. The first-order valence-electron chi connectivity index (χ1n) is 7.18. The van der Waals surface area contributed by atoms with Gasteiger partial charge in [-0.05, 0) is 23.3 Å². The molecule has 1 aliphatic rings. The van der Waals surface area contributed by atoms with Gasteiger partial charge in [-0.3, -0.25) is 5.84 Å². The van der Waals surface area contributed by atoms with Gasteiger partial charge < -0.3 is 9.64 Å². The van der Waals surface area contributed by atoms with Crippen LogP contribution >= 0.6 is 0 Å². The van der Waals surface area contributed by atoms with Crippen molar-refractivity contribution in [3.8, 4) is 5.75 Å². The molecule has 1 aliphatic heterocycles. The molecular weight excluding hydrogens is 262 g/mol. The lowest BCUT2D eigenvalue weighted by atomic mass is 9.96. The zero-order chi connectivity index (χ0) is 14.8. The van der Waals surface area contributed by atoms with Gasteiger partial charge in [0.05, 0.1) is 12.6 Å². The van der Waals surface area contributed by atoms with Gasteiger partial charge in [0.15, 0.2) is 0 Å². The Bertz CT molecular complexity index is 640. The van der Waals surface area contributed by atoms with Crippen molar-refractivity contribution in [2.75, 3.05) is 25.6 Å². The second-order valence-electron chi connectivity index (χ2n) is 5.52. The van der Waals surface area contributed by atoms with Crippen LogP contribution in [-0.2, 0) is 6.42 Å². The van der Waals surface area contributed by atoms with Crippen LogP contribution in [0, 0.1) is 0 Å². The summed E-state index contributed by atoms with van der Waals surface area (Å²) in [6.07, 6.45) is 0.970. The topological polar surface area (TPSA) is 50.5 Å². The molecule has 4 heteroatoms. The van der Waals surface area contributed by atoms with Crippen LogP contribution in [0.3, 0.4) is 0 Å². The van der Waals surface area contributed by atoms with E-state index in [4.69, 9.17) is 10.6 Å². The Morgan fingerprint density at radius 2 is 2.00 bits per heavy atom. The first-order chi connectivity index (χ1) is 10.2. The Kier molecular flexibility index (Phi) is 3.82. The lowest BCUT2D eigenvalue weighted by Crippen LogP contribution is -2.29. The van der Waals surface area contributed by atoms with Crippen molar-refractivity contribution in [1.29, 1.82) is 0 Å². The van der Waals surface area contributed by atoms with Gasteiger partial charge in [0.1, 0.15) is 5.75 Å². The zero-order valence-corrected chi connectivity index (χ0v) is 12.5. The van der Waals surface area contributed by atoms with Crippen molar-refractivity contribution in [3.05, 3.63) is 59.2 Å². The maximum atomic E-state index is 5.84. The smallest absolute Gasteiger partial charge is 0.127 e. The molecule has 1 atom stereocenters. The Balaban J connectivity index is 2.03. The first kappa shape index (κ1) is 13.9. The van der Waals surface area contributed by atoms with Gasteiger partial charge in [-0.2, -0.15) is 0 Å². The highest BCUT2D eigenvalue weighted by Gasteiger charge is 2.22. The number of hydrogen-bond donors (Lipinski definition) is 2. The lowest BCUT2D eigenvalue weighted by Gasteiger charge is -2.21. The van der Waals surface area contributed by atoms with Gasteiger partial charge >= 0.3 is 0 Å². The zero-order valence-electron chi connectivity index (χ0n) is 12.5. The lowest BCUT2D eigenvalue weighted by molar-refractivity contribution is 0.350. The number of rotatable bonds is 4. The molecule has 2 aromatic rings. The Hall–Kier alpha value is -2.04. The second kappa shape index (κ2) is 5.76. The third-order valence-electron chi connectivity index (χ3n) is 3.94. The monoisotopic (exact) mass is 283 g/mol. The van der Waals surface area contributed by atoms with Gasteiger partial charge in [0.2, 0.25) is 0 Å². The number of nitrogens with two attached hydrogens (primary N) is 1. The summed E-state index contributed by atoms with van der Waals surface area (Å²) in [5.74, 6) is 6.82. The fourth-order valence-corrected chi connectivity index (χ4v) is 2.82. The normalized spacial score (nSPS) is 14.4. The Morgan fingerprint density at radius 3 is 2.76 bits per heavy atom. The summed E-state index contributed by atoms with van der Waals surface area (Å²) < 4.78 is 5.81. The van der Waals surface area contributed by atoms with E-state index in [1.54, 1.807) is 0 Å². The third kappa shape index (κ3) is 2.60. The highest BCUT2D eigenvalue weighted by Crippen LogP contribution is 2.36. The molecule has 3 rings (SSSR count). The molecule has 0 amide bonds. The summed E-state index contributed by atoms with van der Waals surface area (Å²) in [5.41, 5.74) is 7.58. The fourth-order valence-electron chi connectivity index (χ4n) is 2.82. The molecule has 3 N–H and O–H groups in total. The van der Waals surface area contributed by atoms with Gasteiger partial charge in [-0.1, -0.05) is 30.3 Å². The van der Waals surface area contributed by atoms with E-state index in [-0.39, 0.29) is 6.04 Å². The van der Waals surface area contributed by atoms with Gasteiger partial charge in [0, 0.05) is 31.8 Å². The largest absolute Gasteiger partial charge is 0.493 e. The highest BCUT2D eigenvalue weighted by atomic mass is 16.5. The maximum absolute atomic E-state index is 5.84. The number of fused-ring (bicyclic) bond motifs is 1. The predicted molar refractivity (Wildman–Crippen MR) is 85.6 cm³/mol. The number of ether oxygens (including phenoxy) is 1. The van der Waals surface area contributed by atoms with Crippen LogP contribution < -0.4 is 20.9 Å². The van der Waals surface area contributed by atoms with Crippen molar-refractivity contribution in [2.24, 2.45) is 5.84 Å². The number of para-hydroxylation sites is 1. The molecule has 0 bridgehead atoms. The molecule has 0 aromatic heterocycles. The number of hydrazine groups is 1. The van der Waals surface area contributed by atoms with Crippen LogP contribution in [-0.4, -0.2) is 20.7 Å². The first-order valence-corrected chi connectivity index (χ1v) is 7.18. The maximum Gasteiger partial charge on any atom is 0.127 e. The summed E-state index contributed by atoms with van der Waals surface area (Å²) in [6.45, 7) is 0.751. The molecule has 0 aliphatic carbocycles. The Labute approximate surface area is 125 Å². The summed E-state index contributed by atoms with van der Waals surface area (Å²) in [4.78, 5) is 2.09.